The Balaban J connectivity index is 2.40. The van der Waals surface area contributed by atoms with Gasteiger partial charge in [0.2, 0.25) is 5.95 Å². The maximum atomic E-state index is 13.5. The highest BCUT2D eigenvalue weighted by molar-refractivity contribution is 7.58. The van der Waals surface area contributed by atoms with E-state index in [1.165, 1.54) is 0 Å². The summed E-state index contributed by atoms with van der Waals surface area (Å²) in [4.78, 5) is 13.0. The van der Waals surface area contributed by atoms with E-state index >= 15 is 0 Å². The zero-order chi connectivity index (χ0) is 20.7. The molecule has 0 amide bonds. The molecule has 2 aromatic rings. The van der Waals surface area contributed by atoms with Gasteiger partial charge in [-0.2, -0.15) is 0 Å². The molecule has 0 saturated heterocycles. The minimum Gasteiger partial charge on any atom is -0.508 e. The Morgan fingerprint density at radius 1 is 1.21 bits per heavy atom. The smallest absolute Gasteiger partial charge is 0.278 e. The van der Waals surface area contributed by atoms with E-state index in [1.807, 2.05) is 52.8 Å². The number of aromatic nitrogens is 2. The number of benzene rings is 1. The fraction of sp³-hybridized carbons (Fsp3) is 0.450. The minimum absolute atomic E-state index is 0.234. The summed E-state index contributed by atoms with van der Waals surface area (Å²) in [7, 11) is -3.20. The van der Waals surface area contributed by atoms with E-state index in [0.717, 1.165) is 22.5 Å². The van der Waals surface area contributed by atoms with Gasteiger partial charge in [0, 0.05) is 24.1 Å². The van der Waals surface area contributed by atoms with Crippen LogP contribution in [0.25, 0.3) is 0 Å². The Morgan fingerprint density at radius 3 is 2.46 bits per heavy atom. The van der Waals surface area contributed by atoms with Crippen LogP contribution in [0.5, 0.6) is 5.75 Å². The molecule has 1 aromatic carbocycles. The number of aromatic hydroxyl groups is 1. The maximum Gasteiger partial charge on any atom is 0.278 e. The molecule has 2 unspecified atom stereocenters. The Hall–Kier alpha value is -2.08. The molecule has 0 bridgehead atoms. The Morgan fingerprint density at radius 2 is 1.89 bits per heavy atom. The van der Waals surface area contributed by atoms with Crippen LogP contribution >= 0.6 is 7.52 Å². The molecule has 2 N–H and O–H groups in total. The van der Waals surface area contributed by atoms with Gasteiger partial charge in [-0.1, -0.05) is 19.1 Å². The number of hydrogen-bond donors (Lipinski definition) is 2. The predicted octanol–water partition coefficient (Wildman–Crippen LogP) is 4.26. The lowest BCUT2D eigenvalue weighted by Crippen LogP contribution is -2.25. The summed E-state index contributed by atoms with van der Waals surface area (Å²) in [6.45, 7) is 10.1. The number of aryl methyl sites for hydroxylation is 3. The summed E-state index contributed by atoms with van der Waals surface area (Å²) in [6, 6.07) is 7.22. The summed E-state index contributed by atoms with van der Waals surface area (Å²) >= 11 is 0. The maximum absolute atomic E-state index is 13.5. The van der Waals surface area contributed by atoms with Crippen molar-refractivity contribution in [3.8, 4) is 5.75 Å². The first-order valence-electron chi connectivity index (χ1n) is 9.41. The third-order valence-corrected chi connectivity index (χ3v) is 6.76. The number of nitrogens with zero attached hydrogens (tertiary/aromatic N) is 3. The zero-order valence-electron chi connectivity index (χ0n) is 17.1. The van der Waals surface area contributed by atoms with Gasteiger partial charge in [-0.25, -0.2) is 20.0 Å². The lowest BCUT2D eigenvalue weighted by Gasteiger charge is -2.25. The van der Waals surface area contributed by atoms with Crippen LogP contribution in [-0.2, 0) is 15.5 Å². The van der Waals surface area contributed by atoms with E-state index in [4.69, 9.17) is 4.52 Å². The molecule has 1 aromatic heterocycles. The number of rotatable bonds is 9. The molecule has 2 atom stereocenters. The van der Waals surface area contributed by atoms with Crippen LogP contribution in [-0.4, -0.2) is 40.1 Å². The second kappa shape index (κ2) is 9.92. The van der Waals surface area contributed by atoms with Gasteiger partial charge in [-0.3, -0.25) is 4.57 Å². The molecule has 152 valence electrons. The predicted molar refractivity (Wildman–Crippen MR) is 113 cm³/mol. The molecule has 8 heteroatoms. The summed E-state index contributed by atoms with van der Waals surface area (Å²) in [6.07, 6.45) is 2.06. The molecule has 0 spiro atoms. The zero-order valence-corrected chi connectivity index (χ0v) is 18.0. The van der Waals surface area contributed by atoms with Crippen molar-refractivity contribution in [1.82, 2.24) is 15.1 Å². The first-order valence-corrected chi connectivity index (χ1v) is 11.1. The molecule has 0 fully saturated rings. The molecule has 7 nitrogen and oxygen atoms in total. The normalized spacial score (nSPS) is 14.9. The first kappa shape index (κ1) is 22.2. The molecule has 0 aliphatic rings. The average Bonchev–Trinajstić information content (AvgIpc) is 2.61. The van der Waals surface area contributed by atoms with E-state index in [2.05, 4.69) is 20.0 Å². The van der Waals surface area contributed by atoms with Crippen LogP contribution in [0.15, 0.2) is 29.3 Å². The topological polar surface area (TPSA) is 96.7 Å². The first-order chi connectivity index (χ1) is 13.3. The van der Waals surface area contributed by atoms with Crippen LogP contribution in [0.4, 0.5) is 5.95 Å². The summed E-state index contributed by atoms with van der Waals surface area (Å²) in [5.74, 6) is 0.571. The van der Waals surface area contributed by atoms with Crippen LogP contribution in [0.2, 0.25) is 0 Å². The number of nitrogens with one attached hydrogen (secondary N) is 1. The van der Waals surface area contributed by atoms with Crippen molar-refractivity contribution < 1.29 is 14.2 Å². The van der Waals surface area contributed by atoms with Crippen molar-refractivity contribution in [3.05, 3.63) is 46.8 Å². The van der Waals surface area contributed by atoms with Crippen molar-refractivity contribution in [2.45, 2.75) is 46.7 Å². The molecule has 1 heterocycles. The SMILES string of the molecule is CCNP(=O)(OCC)C(C=Nc1nc(C)cc(C)n1)Cc1ccc(O)c(C)c1. The van der Waals surface area contributed by atoms with Crippen LogP contribution < -0.4 is 5.09 Å². The van der Waals surface area contributed by atoms with Crippen molar-refractivity contribution in [2.75, 3.05) is 13.2 Å². The summed E-state index contributed by atoms with van der Waals surface area (Å²) in [5, 5.41) is 12.8. The molecule has 2 rings (SSSR count). The van der Waals surface area contributed by atoms with E-state index in [9.17, 15) is 9.67 Å². The number of phenolic OH excluding ortho intramolecular Hbond substituents is 1. The minimum atomic E-state index is -3.20. The largest absolute Gasteiger partial charge is 0.508 e. The fourth-order valence-corrected chi connectivity index (χ4v) is 4.97. The van der Waals surface area contributed by atoms with E-state index in [0.29, 0.717) is 25.5 Å². The summed E-state index contributed by atoms with van der Waals surface area (Å²) < 4.78 is 19.2. The highest BCUT2D eigenvalue weighted by atomic mass is 31.2. The van der Waals surface area contributed by atoms with Gasteiger partial charge in [0.25, 0.3) is 7.52 Å². The van der Waals surface area contributed by atoms with Gasteiger partial charge in [-0.15, -0.1) is 0 Å². The third kappa shape index (κ3) is 5.96. The Bertz CT molecular complexity index is 855. The van der Waals surface area contributed by atoms with Crippen molar-refractivity contribution in [3.63, 3.8) is 0 Å². The van der Waals surface area contributed by atoms with Crippen molar-refractivity contribution in [1.29, 1.82) is 0 Å². The van der Waals surface area contributed by atoms with Gasteiger partial charge in [0.1, 0.15) is 5.75 Å². The quantitative estimate of drug-likeness (QED) is 0.479. The van der Waals surface area contributed by atoms with Gasteiger partial charge in [0.15, 0.2) is 0 Å². The van der Waals surface area contributed by atoms with Crippen molar-refractivity contribution in [2.24, 2.45) is 4.99 Å². The summed E-state index contributed by atoms with van der Waals surface area (Å²) in [5.41, 5.74) is 2.85. The number of phenols is 1. The lowest BCUT2D eigenvalue weighted by molar-refractivity contribution is 0.322. The van der Waals surface area contributed by atoms with Crippen molar-refractivity contribution >= 4 is 19.7 Å². The second-order valence-corrected chi connectivity index (χ2v) is 9.08. The average molecular weight is 404 g/mol. The molecule has 0 radical (unpaired) electrons. The van der Waals surface area contributed by atoms with E-state index < -0.39 is 13.2 Å². The van der Waals surface area contributed by atoms with Gasteiger partial charge >= 0.3 is 0 Å². The fourth-order valence-electron chi connectivity index (χ4n) is 2.94. The number of aliphatic imine (C=N–C) groups is 1. The van der Waals surface area contributed by atoms with Gasteiger partial charge in [0.05, 0.1) is 12.3 Å². The van der Waals surface area contributed by atoms with E-state index in [-0.39, 0.29) is 5.75 Å². The lowest BCUT2D eigenvalue weighted by atomic mass is 10.1. The molecular formula is C20H29N4O3P. The van der Waals surface area contributed by atoms with Crippen LogP contribution in [0, 0.1) is 20.8 Å². The number of hydrogen-bond acceptors (Lipinski definition) is 6. The third-order valence-electron chi connectivity index (χ3n) is 4.17. The Kier molecular flexibility index (Phi) is 7.87. The molecule has 0 aliphatic heterocycles. The Labute approximate surface area is 166 Å². The second-order valence-electron chi connectivity index (χ2n) is 6.65. The highest BCUT2D eigenvalue weighted by Gasteiger charge is 2.32. The van der Waals surface area contributed by atoms with Crippen LogP contribution in [0.1, 0.15) is 36.4 Å². The van der Waals surface area contributed by atoms with Gasteiger partial charge < -0.3 is 9.63 Å². The monoisotopic (exact) mass is 404 g/mol. The molecule has 0 saturated carbocycles. The van der Waals surface area contributed by atoms with Gasteiger partial charge in [-0.05, 0) is 57.4 Å². The molecular weight excluding hydrogens is 375 g/mol. The molecule has 0 aliphatic carbocycles. The highest BCUT2D eigenvalue weighted by Crippen LogP contribution is 2.48. The van der Waals surface area contributed by atoms with Crippen LogP contribution in [0.3, 0.4) is 0 Å². The standard InChI is InChI=1S/C20H29N4O3P/c1-6-22-28(26,27-7-2)18(12-17-8-9-19(25)14(3)10-17)13-21-20-23-15(4)11-16(5)24-20/h8-11,13,18,25H,6-7,12H2,1-5H3,(H,22,26). The molecule has 28 heavy (non-hydrogen) atoms. The van der Waals surface area contributed by atoms with E-state index in [1.54, 1.807) is 12.3 Å².